The molecule has 2 heterocycles. The number of rotatable bonds is 5. The molecular formula is C13H15N7. The Kier molecular flexibility index (Phi) is 3.51. The van der Waals surface area contributed by atoms with Crippen LogP contribution < -0.4 is 5.32 Å². The molecule has 0 saturated carbocycles. The van der Waals surface area contributed by atoms with Gasteiger partial charge in [0.15, 0.2) is 5.82 Å². The Hall–Kier alpha value is -2.54. The molecule has 1 aromatic carbocycles. The first-order valence-electron chi connectivity index (χ1n) is 6.34. The molecule has 0 saturated heterocycles. The van der Waals surface area contributed by atoms with Gasteiger partial charge in [0.05, 0.1) is 18.4 Å². The summed E-state index contributed by atoms with van der Waals surface area (Å²) < 4.78 is 3.52. The van der Waals surface area contributed by atoms with Crippen molar-refractivity contribution in [1.29, 1.82) is 0 Å². The molecule has 3 aromatic rings. The summed E-state index contributed by atoms with van der Waals surface area (Å²) in [6, 6.07) is 9.84. The van der Waals surface area contributed by atoms with Gasteiger partial charge in [-0.3, -0.25) is 4.68 Å². The standard InChI is InChI=1S/C13H15N7/c1-19-10-11(8-15-19)7-14-9-13-16-17-18-20(13)12-5-3-2-4-6-12/h2-6,8,10,14H,7,9H2,1H3. The van der Waals surface area contributed by atoms with Crippen LogP contribution in [0, 0.1) is 0 Å². The van der Waals surface area contributed by atoms with E-state index in [1.54, 1.807) is 9.36 Å². The monoisotopic (exact) mass is 269 g/mol. The van der Waals surface area contributed by atoms with Gasteiger partial charge in [-0.2, -0.15) is 9.78 Å². The average molecular weight is 269 g/mol. The molecule has 7 nitrogen and oxygen atoms in total. The molecule has 0 radical (unpaired) electrons. The van der Waals surface area contributed by atoms with E-state index in [4.69, 9.17) is 0 Å². The molecule has 0 bridgehead atoms. The predicted octanol–water partition coefficient (Wildman–Crippen LogP) is 0.686. The Bertz CT molecular complexity index is 671. The summed E-state index contributed by atoms with van der Waals surface area (Å²) in [5.74, 6) is 0.778. The number of aryl methyl sites for hydroxylation is 1. The fraction of sp³-hybridized carbons (Fsp3) is 0.231. The van der Waals surface area contributed by atoms with Crippen LogP contribution in [0.1, 0.15) is 11.4 Å². The second-order valence-electron chi connectivity index (χ2n) is 4.47. The number of aromatic nitrogens is 6. The average Bonchev–Trinajstić information content (AvgIpc) is 3.09. The number of hydrogen-bond acceptors (Lipinski definition) is 5. The maximum atomic E-state index is 4.13. The molecule has 20 heavy (non-hydrogen) atoms. The van der Waals surface area contributed by atoms with Gasteiger partial charge in [0.2, 0.25) is 0 Å². The van der Waals surface area contributed by atoms with E-state index in [1.165, 1.54) is 0 Å². The topological polar surface area (TPSA) is 73.5 Å². The van der Waals surface area contributed by atoms with Crippen LogP contribution in [0.15, 0.2) is 42.7 Å². The molecule has 102 valence electrons. The highest BCUT2D eigenvalue weighted by atomic mass is 15.5. The summed E-state index contributed by atoms with van der Waals surface area (Å²) in [6.45, 7) is 1.33. The summed E-state index contributed by atoms with van der Waals surface area (Å²) in [7, 11) is 1.90. The van der Waals surface area contributed by atoms with Crippen molar-refractivity contribution in [2.45, 2.75) is 13.1 Å². The van der Waals surface area contributed by atoms with Crippen LogP contribution in [0.2, 0.25) is 0 Å². The predicted molar refractivity (Wildman–Crippen MR) is 72.9 cm³/mol. The molecule has 0 aliphatic rings. The Labute approximate surface area is 116 Å². The maximum Gasteiger partial charge on any atom is 0.170 e. The molecule has 0 fully saturated rings. The van der Waals surface area contributed by atoms with Crippen molar-refractivity contribution in [2.24, 2.45) is 7.05 Å². The van der Waals surface area contributed by atoms with Crippen molar-refractivity contribution >= 4 is 0 Å². The normalized spacial score (nSPS) is 10.8. The minimum atomic E-state index is 0.594. The van der Waals surface area contributed by atoms with E-state index < -0.39 is 0 Å². The van der Waals surface area contributed by atoms with Crippen molar-refractivity contribution in [3.63, 3.8) is 0 Å². The highest BCUT2D eigenvalue weighted by Gasteiger charge is 2.07. The molecule has 7 heteroatoms. The number of tetrazole rings is 1. The zero-order valence-electron chi connectivity index (χ0n) is 11.1. The lowest BCUT2D eigenvalue weighted by Gasteiger charge is -2.05. The first-order chi connectivity index (χ1) is 9.83. The van der Waals surface area contributed by atoms with Gasteiger partial charge in [-0.1, -0.05) is 18.2 Å². The van der Waals surface area contributed by atoms with Crippen LogP contribution in [-0.4, -0.2) is 30.0 Å². The second-order valence-corrected chi connectivity index (χ2v) is 4.47. The largest absolute Gasteiger partial charge is 0.306 e. The van der Waals surface area contributed by atoms with Gasteiger partial charge in [0.1, 0.15) is 0 Å². The molecule has 1 N–H and O–H groups in total. The molecule has 0 aliphatic heterocycles. The van der Waals surface area contributed by atoms with Crippen molar-refractivity contribution in [3.8, 4) is 5.69 Å². The fourth-order valence-electron chi connectivity index (χ4n) is 1.97. The molecule has 2 aromatic heterocycles. The van der Waals surface area contributed by atoms with Gasteiger partial charge in [0, 0.05) is 25.4 Å². The third-order valence-electron chi connectivity index (χ3n) is 2.91. The Balaban J connectivity index is 1.65. The van der Waals surface area contributed by atoms with Crippen LogP contribution in [0.25, 0.3) is 5.69 Å². The lowest BCUT2D eigenvalue weighted by molar-refractivity contribution is 0.641. The Morgan fingerprint density at radius 1 is 1.15 bits per heavy atom. The smallest absolute Gasteiger partial charge is 0.170 e. The summed E-state index contributed by atoms with van der Waals surface area (Å²) in [5.41, 5.74) is 2.09. The van der Waals surface area contributed by atoms with Gasteiger partial charge >= 0.3 is 0 Å². The molecule has 0 unspecified atom stereocenters. The first-order valence-corrected chi connectivity index (χ1v) is 6.34. The molecule has 0 atom stereocenters. The number of hydrogen-bond donors (Lipinski definition) is 1. The maximum absolute atomic E-state index is 4.13. The third kappa shape index (κ3) is 2.72. The fourth-order valence-corrected chi connectivity index (χ4v) is 1.97. The van der Waals surface area contributed by atoms with Crippen LogP contribution in [0.4, 0.5) is 0 Å². The minimum Gasteiger partial charge on any atom is -0.306 e. The van der Waals surface area contributed by atoms with Crippen LogP contribution in [0.5, 0.6) is 0 Å². The van der Waals surface area contributed by atoms with Gasteiger partial charge in [-0.05, 0) is 22.6 Å². The van der Waals surface area contributed by atoms with Crippen molar-refractivity contribution in [2.75, 3.05) is 0 Å². The summed E-state index contributed by atoms with van der Waals surface area (Å²) in [5, 5.41) is 19.2. The van der Waals surface area contributed by atoms with Crippen LogP contribution in [-0.2, 0) is 20.1 Å². The summed E-state index contributed by atoms with van der Waals surface area (Å²) in [4.78, 5) is 0. The van der Waals surface area contributed by atoms with E-state index in [2.05, 4.69) is 25.9 Å². The Morgan fingerprint density at radius 3 is 2.75 bits per heavy atom. The molecule has 0 aliphatic carbocycles. The number of para-hydroxylation sites is 1. The second kappa shape index (κ2) is 5.62. The van der Waals surface area contributed by atoms with E-state index in [9.17, 15) is 0 Å². The molecule has 0 amide bonds. The third-order valence-corrected chi connectivity index (χ3v) is 2.91. The highest BCUT2D eigenvalue weighted by molar-refractivity contribution is 5.30. The van der Waals surface area contributed by atoms with E-state index in [-0.39, 0.29) is 0 Å². The number of benzene rings is 1. The van der Waals surface area contributed by atoms with Gasteiger partial charge in [-0.25, -0.2) is 0 Å². The highest BCUT2D eigenvalue weighted by Crippen LogP contribution is 2.06. The zero-order valence-corrected chi connectivity index (χ0v) is 11.1. The minimum absolute atomic E-state index is 0.594. The molecule has 0 spiro atoms. The molecular weight excluding hydrogens is 254 g/mol. The zero-order chi connectivity index (χ0) is 13.8. The lowest BCUT2D eigenvalue weighted by atomic mass is 10.3. The number of nitrogens with one attached hydrogen (secondary N) is 1. The summed E-state index contributed by atoms with van der Waals surface area (Å²) in [6.07, 6.45) is 3.82. The van der Waals surface area contributed by atoms with Gasteiger partial charge in [0.25, 0.3) is 0 Å². The lowest BCUT2D eigenvalue weighted by Crippen LogP contribution is -2.16. The van der Waals surface area contributed by atoms with Gasteiger partial charge < -0.3 is 5.32 Å². The first kappa shape index (κ1) is 12.5. The van der Waals surface area contributed by atoms with Crippen LogP contribution >= 0.6 is 0 Å². The van der Waals surface area contributed by atoms with E-state index >= 15 is 0 Å². The Morgan fingerprint density at radius 2 is 2.00 bits per heavy atom. The van der Waals surface area contributed by atoms with Crippen LogP contribution in [0.3, 0.4) is 0 Å². The van der Waals surface area contributed by atoms with Crippen molar-refractivity contribution in [3.05, 3.63) is 54.1 Å². The van der Waals surface area contributed by atoms with E-state index in [0.717, 1.165) is 23.6 Å². The molecule has 3 rings (SSSR count). The van der Waals surface area contributed by atoms with Gasteiger partial charge in [-0.15, -0.1) is 5.10 Å². The van der Waals surface area contributed by atoms with Crippen molar-refractivity contribution in [1.82, 2.24) is 35.3 Å². The SMILES string of the molecule is Cn1cc(CNCc2nnnn2-c2ccccc2)cn1. The van der Waals surface area contributed by atoms with Crippen molar-refractivity contribution < 1.29 is 0 Å². The summed E-state index contributed by atoms with van der Waals surface area (Å²) >= 11 is 0. The quantitative estimate of drug-likeness (QED) is 0.737. The van der Waals surface area contributed by atoms with E-state index in [1.807, 2.05) is 49.8 Å². The number of nitrogens with zero attached hydrogens (tertiary/aromatic N) is 6. The van der Waals surface area contributed by atoms with E-state index in [0.29, 0.717) is 6.54 Å².